The third kappa shape index (κ3) is 5.65. The summed E-state index contributed by atoms with van der Waals surface area (Å²) in [7, 11) is 0. The van der Waals surface area contributed by atoms with Crippen LogP contribution in [0.5, 0.6) is 5.75 Å². The van der Waals surface area contributed by atoms with Crippen molar-refractivity contribution in [1.82, 2.24) is 5.32 Å². The highest BCUT2D eigenvalue weighted by atomic mass is 79.9. The number of benzene rings is 1. The Bertz CT molecular complexity index is 630. The summed E-state index contributed by atoms with van der Waals surface area (Å²) >= 11 is 6.75. The van der Waals surface area contributed by atoms with Gasteiger partial charge in [0.2, 0.25) is 5.91 Å². The molecule has 7 heteroatoms. The minimum absolute atomic E-state index is 0.207. The van der Waals surface area contributed by atoms with E-state index >= 15 is 0 Å². The number of carboxylic acid groups (broad SMARTS) is 1. The zero-order valence-electron chi connectivity index (χ0n) is 12.1. The maximum Gasteiger partial charge on any atom is 0.352 e. The maximum absolute atomic E-state index is 11.1. The lowest BCUT2D eigenvalue weighted by Gasteiger charge is -2.11. The molecule has 0 aliphatic rings. The molecule has 0 aliphatic carbocycles. The summed E-state index contributed by atoms with van der Waals surface area (Å²) in [6, 6.07) is 3.40. The van der Waals surface area contributed by atoms with Crippen molar-refractivity contribution in [3.8, 4) is 5.75 Å². The third-order valence-electron chi connectivity index (χ3n) is 2.34. The van der Waals surface area contributed by atoms with Gasteiger partial charge in [-0.1, -0.05) is 6.58 Å². The Morgan fingerprint density at radius 3 is 2.27 bits per heavy atom. The first-order valence-corrected chi connectivity index (χ1v) is 7.78. The van der Waals surface area contributed by atoms with Crippen LogP contribution in [0.1, 0.15) is 19.4 Å². The Morgan fingerprint density at radius 2 is 1.86 bits per heavy atom. The minimum atomic E-state index is -1.22. The first kappa shape index (κ1) is 18.4. The molecule has 1 amide bonds. The molecule has 0 saturated heterocycles. The van der Waals surface area contributed by atoms with Crippen LogP contribution in [0.3, 0.4) is 0 Å². The van der Waals surface area contributed by atoms with Gasteiger partial charge in [0, 0.05) is 6.92 Å². The van der Waals surface area contributed by atoms with Crippen molar-refractivity contribution in [2.24, 2.45) is 0 Å². The third-order valence-corrected chi connectivity index (χ3v) is 3.51. The lowest BCUT2D eigenvalue weighted by molar-refractivity contribution is -0.134. The highest BCUT2D eigenvalue weighted by Gasteiger charge is 2.12. The fourth-order valence-corrected chi connectivity index (χ4v) is 2.95. The smallest absolute Gasteiger partial charge is 0.352 e. The summed E-state index contributed by atoms with van der Waals surface area (Å²) in [6.45, 7) is 7.24. The fourth-order valence-electron chi connectivity index (χ4n) is 1.50. The molecule has 22 heavy (non-hydrogen) atoms. The number of amides is 1. The van der Waals surface area contributed by atoms with Crippen molar-refractivity contribution in [3.63, 3.8) is 0 Å². The maximum atomic E-state index is 11.1. The molecule has 1 aromatic carbocycles. The number of carboxylic acids is 1. The topological polar surface area (TPSA) is 75.6 Å². The molecule has 0 heterocycles. The molecule has 1 rings (SSSR count). The molecule has 0 atom stereocenters. The molecule has 5 nitrogen and oxygen atoms in total. The molecule has 0 aliphatic heterocycles. The van der Waals surface area contributed by atoms with Gasteiger partial charge < -0.3 is 15.2 Å². The van der Waals surface area contributed by atoms with Crippen LogP contribution < -0.4 is 10.1 Å². The van der Waals surface area contributed by atoms with E-state index in [1.54, 1.807) is 12.1 Å². The van der Waals surface area contributed by atoms with Gasteiger partial charge in [-0.25, -0.2) is 4.79 Å². The molecule has 0 unspecified atom stereocenters. The van der Waals surface area contributed by atoms with E-state index in [-0.39, 0.29) is 5.70 Å². The SMILES string of the molecule is C=C(C)COc1c(Br)cc(C=C(NC(C)=O)C(=O)O)cc1Br. The lowest BCUT2D eigenvalue weighted by atomic mass is 10.2. The molecule has 0 bridgehead atoms. The fraction of sp³-hybridized carbons (Fsp3) is 0.200. The summed E-state index contributed by atoms with van der Waals surface area (Å²) in [5.74, 6) is -1.07. The van der Waals surface area contributed by atoms with Gasteiger partial charge in [0.25, 0.3) is 0 Å². The van der Waals surface area contributed by atoms with Crippen molar-refractivity contribution < 1.29 is 19.4 Å². The highest BCUT2D eigenvalue weighted by Crippen LogP contribution is 2.35. The molecule has 0 radical (unpaired) electrons. The Labute approximate surface area is 145 Å². The molecule has 0 saturated carbocycles. The van der Waals surface area contributed by atoms with Crippen LogP contribution in [-0.4, -0.2) is 23.6 Å². The van der Waals surface area contributed by atoms with Gasteiger partial charge in [-0.15, -0.1) is 0 Å². The van der Waals surface area contributed by atoms with Gasteiger partial charge in [-0.2, -0.15) is 0 Å². The van der Waals surface area contributed by atoms with E-state index in [2.05, 4.69) is 43.8 Å². The molecule has 0 fully saturated rings. The number of carbonyl (C=O) groups excluding carboxylic acids is 1. The summed E-state index contributed by atoms with van der Waals surface area (Å²) in [5.41, 5.74) is 1.26. The number of halogens is 2. The number of ether oxygens (including phenoxy) is 1. The lowest BCUT2D eigenvalue weighted by Crippen LogP contribution is -2.24. The van der Waals surface area contributed by atoms with Crippen LogP contribution in [0.4, 0.5) is 0 Å². The Balaban J connectivity index is 3.14. The molecule has 0 aromatic heterocycles. The number of rotatable bonds is 6. The summed E-state index contributed by atoms with van der Waals surface area (Å²) < 4.78 is 6.91. The van der Waals surface area contributed by atoms with Gasteiger partial charge in [0.1, 0.15) is 18.1 Å². The average Bonchev–Trinajstić information content (AvgIpc) is 2.35. The second-order valence-corrected chi connectivity index (χ2v) is 6.31. The van der Waals surface area contributed by atoms with Crippen molar-refractivity contribution in [2.75, 3.05) is 6.61 Å². The summed E-state index contributed by atoms with van der Waals surface area (Å²) in [6.07, 6.45) is 1.36. The molecule has 2 N–H and O–H groups in total. The second-order valence-electron chi connectivity index (χ2n) is 4.60. The highest BCUT2D eigenvalue weighted by molar-refractivity contribution is 9.11. The van der Waals surface area contributed by atoms with Crippen LogP contribution >= 0.6 is 31.9 Å². The van der Waals surface area contributed by atoms with Crippen molar-refractivity contribution in [2.45, 2.75) is 13.8 Å². The minimum Gasteiger partial charge on any atom is -0.487 e. The molecule has 118 valence electrons. The Hall–Kier alpha value is -1.60. The van der Waals surface area contributed by atoms with Gasteiger partial charge in [0.05, 0.1) is 8.95 Å². The van der Waals surface area contributed by atoms with Crippen molar-refractivity contribution in [1.29, 1.82) is 0 Å². The van der Waals surface area contributed by atoms with Crippen molar-refractivity contribution >= 4 is 49.8 Å². The van der Waals surface area contributed by atoms with Crippen LogP contribution in [0.2, 0.25) is 0 Å². The number of aliphatic carboxylic acids is 1. The normalized spacial score (nSPS) is 11.0. The summed E-state index contributed by atoms with van der Waals surface area (Å²) in [4.78, 5) is 22.1. The van der Waals surface area contributed by atoms with Gasteiger partial charge in [0.15, 0.2) is 0 Å². The molecule has 1 aromatic rings. The second kappa shape index (κ2) is 8.14. The van der Waals surface area contributed by atoms with E-state index in [0.29, 0.717) is 26.9 Å². The van der Waals surface area contributed by atoms with Crippen LogP contribution in [0.25, 0.3) is 6.08 Å². The van der Waals surface area contributed by atoms with Gasteiger partial charge >= 0.3 is 5.97 Å². The zero-order chi connectivity index (χ0) is 16.9. The van der Waals surface area contributed by atoms with Crippen LogP contribution in [-0.2, 0) is 9.59 Å². The van der Waals surface area contributed by atoms with E-state index in [1.165, 1.54) is 13.0 Å². The number of hydrogen-bond donors (Lipinski definition) is 2. The monoisotopic (exact) mass is 431 g/mol. The standard InChI is InChI=1S/C15H15Br2NO4/c1-8(2)7-22-14-11(16)4-10(5-12(14)17)6-13(15(20)21)18-9(3)19/h4-6H,1,7H2,2-3H3,(H,18,19)(H,20,21). The quantitative estimate of drug-likeness (QED) is 0.530. The number of hydrogen-bond acceptors (Lipinski definition) is 3. The van der Waals surface area contributed by atoms with Gasteiger partial charge in [-0.3, -0.25) is 4.79 Å². The number of nitrogens with one attached hydrogen (secondary N) is 1. The van der Waals surface area contributed by atoms with E-state index < -0.39 is 11.9 Å². The van der Waals surface area contributed by atoms with E-state index in [9.17, 15) is 9.59 Å². The van der Waals surface area contributed by atoms with Crippen LogP contribution in [0, 0.1) is 0 Å². The molecular weight excluding hydrogens is 418 g/mol. The predicted molar refractivity (Wildman–Crippen MR) is 91.6 cm³/mol. The first-order chi connectivity index (χ1) is 10.2. The Kier molecular flexibility index (Phi) is 6.83. The molecular formula is C15H15Br2NO4. The Morgan fingerprint density at radius 1 is 1.32 bits per heavy atom. The zero-order valence-corrected chi connectivity index (χ0v) is 15.2. The summed E-state index contributed by atoms with van der Waals surface area (Å²) in [5, 5.41) is 11.4. The predicted octanol–water partition coefficient (Wildman–Crippen LogP) is 3.73. The molecule has 0 spiro atoms. The van der Waals surface area contributed by atoms with Gasteiger partial charge in [-0.05, 0) is 68.1 Å². The van der Waals surface area contributed by atoms with Crippen LogP contribution in [0.15, 0.2) is 38.9 Å². The number of carbonyl (C=O) groups is 2. The van der Waals surface area contributed by atoms with E-state index in [4.69, 9.17) is 9.84 Å². The van der Waals surface area contributed by atoms with E-state index in [0.717, 1.165) is 5.57 Å². The first-order valence-electron chi connectivity index (χ1n) is 6.19. The largest absolute Gasteiger partial charge is 0.487 e. The average molecular weight is 433 g/mol. The van der Waals surface area contributed by atoms with Crippen molar-refractivity contribution in [3.05, 3.63) is 44.5 Å². The van der Waals surface area contributed by atoms with E-state index in [1.807, 2.05) is 6.92 Å².